The van der Waals surface area contributed by atoms with Gasteiger partial charge in [0.1, 0.15) is 5.82 Å². The fourth-order valence-electron chi connectivity index (χ4n) is 3.84. The minimum Gasteiger partial charge on any atom is -0.297 e. The summed E-state index contributed by atoms with van der Waals surface area (Å²) in [6.45, 7) is 4.14. The van der Waals surface area contributed by atoms with Gasteiger partial charge in [0.15, 0.2) is 0 Å². The van der Waals surface area contributed by atoms with Crippen LogP contribution >= 0.6 is 0 Å². The Morgan fingerprint density at radius 2 is 1.56 bits per heavy atom. The van der Waals surface area contributed by atoms with Gasteiger partial charge in [-0.15, -0.1) is 0 Å². The van der Waals surface area contributed by atoms with Gasteiger partial charge in [-0.05, 0) is 29.8 Å². The molecular formula is C21H22FN3O2. The van der Waals surface area contributed by atoms with Gasteiger partial charge in [-0.3, -0.25) is 19.4 Å². The highest BCUT2D eigenvalue weighted by Crippen LogP contribution is 2.26. The summed E-state index contributed by atoms with van der Waals surface area (Å²) in [6, 6.07) is 15.4. The Morgan fingerprint density at radius 1 is 0.889 bits per heavy atom. The van der Waals surface area contributed by atoms with Crippen LogP contribution in [0.15, 0.2) is 54.6 Å². The van der Waals surface area contributed by atoms with E-state index in [1.807, 2.05) is 18.2 Å². The molecule has 5 nitrogen and oxygen atoms in total. The average molecular weight is 367 g/mol. The van der Waals surface area contributed by atoms with Crippen LogP contribution in [0, 0.1) is 5.82 Å². The third kappa shape index (κ3) is 3.77. The van der Waals surface area contributed by atoms with Gasteiger partial charge in [0, 0.05) is 32.7 Å². The first-order chi connectivity index (χ1) is 13.1. The first-order valence-electron chi connectivity index (χ1n) is 9.24. The molecule has 0 aliphatic carbocycles. The van der Waals surface area contributed by atoms with Crippen LogP contribution in [0.25, 0.3) is 0 Å². The molecule has 0 saturated carbocycles. The number of anilines is 1. The second-order valence-electron chi connectivity index (χ2n) is 7.06. The minimum atomic E-state index is -0.415. The molecule has 2 fully saturated rings. The predicted molar refractivity (Wildman–Crippen MR) is 101 cm³/mol. The monoisotopic (exact) mass is 367 g/mol. The van der Waals surface area contributed by atoms with Crippen molar-refractivity contribution in [3.63, 3.8) is 0 Å². The van der Waals surface area contributed by atoms with Crippen molar-refractivity contribution < 1.29 is 14.0 Å². The van der Waals surface area contributed by atoms with Gasteiger partial charge in [0.05, 0.1) is 18.2 Å². The summed E-state index contributed by atoms with van der Waals surface area (Å²) >= 11 is 0. The highest BCUT2D eigenvalue weighted by Gasteiger charge is 2.43. The molecule has 0 spiro atoms. The van der Waals surface area contributed by atoms with Crippen LogP contribution in [-0.4, -0.2) is 53.8 Å². The van der Waals surface area contributed by atoms with Gasteiger partial charge in [-0.25, -0.2) is 9.29 Å². The average Bonchev–Trinajstić information content (AvgIpc) is 2.98. The van der Waals surface area contributed by atoms with Gasteiger partial charge < -0.3 is 0 Å². The van der Waals surface area contributed by atoms with E-state index < -0.39 is 6.04 Å². The van der Waals surface area contributed by atoms with Crippen molar-refractivity contribution in [3.05, 3.63) is 66.0 Å². The number of carbonyl (C=O) groups is 2. The molecule has 2 aromatic rings. The Kier molecular flexibility index (Phi) is 5.01. The minimum absolute atomic E-state index is 0.189. The van der Waals surface area contributed by atoms with Gasteiger partial charge in [-0.1, -0.05) is 30.3 Å². The van der Waals surface area contributed by atoms with E-state index in [1.165, 1.54) is 34.7 Å². The van der Waals surface area contributed by atoms with E-state index in [-0.39, 0.29) is 24.1 Å². The number of hydrogen-bond donors (Lipinski definition) is 0. The summed E-state index contributed by atoms with van der Waals surface area (Å²) in [5.74, 6) is -0.810. The molecule has 140 valence electrons. The Labute approximate surface area is 158 Å². The number of amides is 2. The molecule has 0 aromatic heterocycles. The maximum atomic E-state index is 13.1. The summed E-state index contributed by atoms with van der Waals surface area (Å²) in [4.78, 5) is 30.9. The lowest BCUT2D eigenvalue weighted by molar-refractivity contribution is -0.123. The third-order valence-electron chi connectivity index (χ3n) is 5.30. The molecule has 2 aliphatic rings. The zero-order valence-electron chi connectivity index (χ0n) is 15.1. The van der Waals surface area contributed by atoms with Crippen molar-refractivity contribution in [3.8, 4) is 0 Å². The standard InChI is InChI=1S/C21H22FN3O2/c22-17-6-8-18(9-7-17)25-20(26)14-19(21(25)27)24-12-10-23(11-13-24)15-16-4-2-1-3-5-16/h1-9,19H,10-15H2/t19-/m0/s1. The van der Waals surface area contributed by atoms with Crippen molar-refractivity contribution >= 4 is 17.5 Å². The number of imide groups is 1. The zero-order valence-corrected chi connectivity index (χ0v) is 15.1. The molecule has 2 aliphatic heterocycles. The van der Waals surface area contributed by atoms with E-state index in [2.05, 4.69) is 21.9 Å². The molecule has 0 unspecified atom stereocenters. The highest BCUT2D eigenvalue weighted by atomic mass is 19.1. The fourth-order valence-corrected chi connectivity index (χ4v) is 3.84. The van der Waals surface area contributed by atoms with Crippen molar-refractivity contribution in [1.82, 2.24) is 9.80 Å². The predicted octanol–water partition coefficient (Wildman–Crippen LogP) is 2.28. The number of rotatable bonds is 4. The maximum absolute atomic E-state index is 13.1. The number of hydrogen-bond acceptors (Lipinski definition) is 4. The maximum Gasteiger partial charge on any atom is 0.251 e. The zero-order chi connectivity index (χ0) is 18.8. The van der Waals surface area contributed by atoms with E-state index in [0.717, 1.165) is 32.7 Å². The molecule has 0 bridgehead atoms. The smallest absolute Gasteiger partial charge is 0.251 e. The van der Waals surface area contributed by atoms with Gasteiger partial charge in [-0.2, -0.15) is 0 Å². The van der Waals surface area contributed by atoms with E-state index in [1.54, 1.807) is 0 Å². The number of carbonyl (C=O) groups excluding carboxylic acids is 2. The Hall–Kier alpha value is -2.57. The molecular weight excluding hydrogens is 345 g/mol. The Bertz CT molecular complexity index is 817. The highest BCUT2D eigenvalue weighted by molar-refractivity contribution is 6.22. The quantitative estimate of drug-likeness (QED) is 0.778. The Balaban J connectivity index is 1.38. The lowest BCUT2D eigenvalue weighted by Crippen LogP contribution is -2.52. The number of benzene rings is 2. The van der Waals surface area contributed by atoms with E-state index in [4.69, 9.17) is 0 Å². The first kappa shape index (κ1) is 17.8. The Morgan fingerprint density at radius 3 is 2.22 bits per heavy atom. The van der Waals surface area contributed by atoms with Crippen LogP contribution in [0.3, 0.4) is 0 Å². The fraction of sp³-hybridized carbons (Fsp3) is 0.333. The lowest BCUT2D eigenvalue weighted by Gasteiger charge is -2.37. The van der Waals surface area contributed by atoms with Crippen LogP contribution < -0.4 is 4.90 Å². The van der Waals surface area contributed by atoms with E-state index in [0.29, 0.717) is 5.69 Å². The van der Waals surface area contributed by atoms with Crippen LogP contribution in [0.4, 0.5) is 10.1 Å². The number of piperazine rings is 1. The number of nitrogens with zero attached hydrogens (tertiary/aromatic N) is 3. The largest absolute Gasteiger partial charge is 0.297 e. The molecule has 4 rings (SSSR count). The molecule has 2 saturated heterocycles. The summed E-state index contributed by atoms with van der Waals surface area (Å²) < 4.78 is 13.1. The van der Waals surface area contributed by atoms with Crippen LogP contribution in [0.5, 0.6) is 0 Å². The molecule has 2 amide bonds. The topological polar surface area (TPSA) is 43.9 Å². The summed E-state index contributed by atoms with van der Waals surface area (Å²) in [5.41, 5.74) is 1.72. The molecule has 2 heterocycles. The molecule has 27 heavy (non-hydrogen) atoms. The summed E-state index contributed by atoms with van der Waals surface area (Å²) in [5, 5.41) is 0. The molecule has 6 heteroatoms. The van der Waals surface area contributed by atoms with Crippen molar-refractivity contribution in [2.75, 3.05) is 31.1 Å². The molecule has 0 radical (unpaired) electrons. The normalized spacial score (nSPS) is 21.8. The van der Waals surface area contributed by atoms with Crippen molar-refractivity contribution in [2.45, 2.75) is 19.0 Å². The van der Waals surface area contributed by atoms with Gasteiger partial charge in [0.2, 0.25) is 5.91 Å². The summed E-state index contributed by atoms with van der Waals surface area (Å²) in [6.07, 6.45) is 0.189. The van der Waals surface area contributed by atoms with Crippen molar-refractivity contribution in [2.24, 2.45) is 0 Å². The van der Waals surface area contributed by atoms with E-state index >= 15 is 0 Å². The first-order valence-corrected chi connectivity index (χ1v) is 9.24. The summed E-state index contributed by atoms with van der Waals surface area (Å²) in [7, 11) is 0. The molecule has 1 atom stereocenters. The van der Waals surface area contributed by atoms with Crippen molar-refractivity contribution in [1.29, 1.82) is 0 Å². The van der Waals surface area contributed by atoms with Gasteiger partial charge in [0.25, 0.3) is 5.91 Å². The van der Waals surface area contributed by atoms with E-state index in [9.17, 15) is 14.0 Å². The van der Waals surface area contributed by atoms with Crippen LogP contribution in [0.2, 0.25) is 0 Å². The second-order valence-corrected chi connectivity index (χ2v) is 7.06. The number of halogens is 1. The van der Waals surface area contributed by atoms with Gasteiger partial charge >= 0.3 is 0 Å². The van der Waals surface area contributed by atoms with Crippen LogP contribution in [0.1, 0.15) is 12.0 Å². The molecule has 0 N–H and O–H groups in total. The second kappa shape index (κ2) is 7.58. The molecule has 2 aromatic carbocycles. The SMILES string of the molecule is O=C1C[C@H](N2CCN(Cc3ccccc3)CC2)C(=O)N1c1ccc(F)cc1. The lowest BCUT2D eigenvalue weighted by atomic mass is 10.1. The van der Waals surface area contributed by atoms with Crippen LogP contribution in [-0.2, 0) is 16.1 Å². The third-order valence-corrected chi connectivity index (χ3v) is 5.30.